The molecule has 2 amide bonds. The zero-order chi connectivity index (χ0) is 29.9. The lowest BCUT2D eigenvalue weighted by Gasteiger charge is -2.28. The first-order valence-corrected chi connectivity index (χ1v) is 14.2. The van der Waals surface area contributed by atoms with Crippen LogP contribution in [0.2, 0.25) is 0 Å². The summed E-state index contributed by atoms with van der Waals surface area (Å²) in [4.78, 5) is 54.2. The maximum Gasteiger partial charge on any atom is 0.248 e. The van der Waals surface area contributed by atoms with Gasteiger partial charge in [0, 0.05) is 28.8 Å². The molecule has 12 nitrogen and oxygen atoms in total. The highest BCUT2D eigenvalue weighted by molar-refractivity contribution is 9.10. The average molecular weight is 634 g/mol. The van der Waals surface area contributed by atoms with E-state index in [1.807, 2.05) is 26.0 Å². The van der Waals surface area contributed by atoms with Crippen molar-refractivity contribution in [3.05, 3.63) is 64.4 Å². The molecule has 13 heteroatoms. The van der Waals surface area contributed by atoms with E-state index in [1.165, 1.54) is 9.58 Å². The molecule has 3 N–H and O–H groups in total. The Labute approximate surface area is 248 Å². The number of nitrogens with one attached hydrogen (secondary N) is 1. The summed E-state index contributed by atoms with van der Waals surface area (Å²) in [6.45, 7) is 4.43. The van der Waals surface area contributed by atoms with E-state index in [9.17, 15) is 24.6 Å². The molecule has 1 saturated heterocycles. The number of likely N-dealkylation sites (tertiary alicyclic amines) is 1. The number of aromatic nitrogens is 5. The van der Waals surface area contributed by atoms with Gasteiger partial charge in [-0.1, -0.05) is 19.1 Å². The number of hydrogen-bond donors (Lipinski definition) is 3. The molecule has 4 heterocycles. The van der Waals surface area contributed by atoms with E-state index in [-0.39, 0.29) is 12.2 Å². The van der Waals surface area contributed by atoms with Gasteiger partial charge in [-0.2, -0.15) is 5.10 Å². The summed E-state index contributed by atoms with van der Waals surface area (Å²) < 4.78 is 1.96. The Bertz CT molecular complexity index is 1760. The molecular weight excluding hydrogens is 606 g/mol. The zero-order valence-corrected chi connectivity index (χ0v) is 24.7. The highest BCUT2D eigenvalue weighted by atomic mass is 79.9. The predicted octanol–water partition coefficient (Wildman–Crippen LogP) is 2.43. The third-order valence-electron chi connectivity index (χ3n) is 8.26. The maximum atomic E-state index is 13.8. The Morgan fingerprint density at radius 1 is 1.12 bits per heavy atom. The maximum absolute atomic E-state index is 13.8. The largest absolute Gasteiger partial charge is 0.390 e. The molecule has 1 aliphatic heterocycles. The summed E-state index contributed by atoms with van der Waals surface area (Å²) in [7, 11) is 0. The van der Waals surface area contributed by atoms with Gasteiger partial charge in [-0.05, 0) is 65.5 Å². The molecule has 216 valence electrons. The van der Waals surface area contributed by atoms with Crippen molar-refractivity contribution in [2.24, 2.45) is 5.41 Å². The summed E-state index contributed by atoms with van der Waals surface area (Å²) in [6.07, 6.45) is 2.88. The Morgan fingerprint density at radius 2 is 1.86 bits per heavy atom. The molecule has 6 rings (SSSR count). The van der Waals surface area contributed by atoms with Crippen LogP contribution in [-0.4, -0.2) is 82.2 Å². The number of anilines is 1. The monoisotopic (exact) mass is 633 g/mol. The first-order chi connectivity index (χ1) is 20.0. The van der Waals surface area contributed by atoms with Crippen molar-refractivity contribution in [1.29, 1.82) is 0 Å². The number of aliphatic hydroxyl groups excluding tert-OH is 2. The Balaban J connectivity index is 1.32. The lowest BCUT2D eigenvalue weighted by Crippen LogP contribution is -2.48. The summed E-state index contributed by atoms with van der Waals surface area (Å²) in [5, 5.41) is 28.0. The lowest BCUT2D eigenvalue weighted by atomic mass is 10.0. The van der Waals surface area contributed by atoms with E-state index in [0.29, 0.717) is 33.6 Å². The van der Waals surface area contributed by atoms with Gasteiger partial charge in [0.15, 0.2) is 0 Å². The number of carbonyl (C=O) groups is 3. The third kappa shape index (κ3) is 4.67. The second-order valence-electron chi connectivity index (χ2n) is 11.0. The number of aliphatic hydroxyl groups is 2. The van der Waals surface area contributed by atoms with Crippen molar-refractivity contribution in [2.45, 2.75) is 51.9 Å². The number of halogens is 1. The fraction of sp³-hybridized carbons (Fsp3) is 0.345. The van der Waals surface area contributed by atoms with Gasteiger partial charge < -0.3 is 20.4 Å². The summed E-state index contributed by atoms with van der Waals surface area (Å²) >= 11 is 3.32. The van der Waals surface area contributed by atoms with Crippen molar-refractivity contribution in [3.63, 3.8) is 0 Å². The van der Waals surface area contributed by atoms with Crippen molar-refractivity contribution < 1.29 is 24.6 Å². The molecule has 0 bridgehead atoms. The Kier molecular flexibility index (Phi) is 6.90. The number of ketones is 1. The fourth-order valence-corrected chi connectivity index (χ4v) is 6.14. The molecule has 1 saturated carbocycles. The van der Waals surface area contributed by atoms with Crippen LogP contribution in [0, 0.1) is 19.3 Å². The van der Waals surface area contributed by atoms with Gasteiger partial charge in [0.2, 0.25) is 17.6 Å². The van der Waals surface area contributed by atoms with E-state index < -0.39 is 47.8 Å². The van der Waals surface area contributed by atoms with Crippen molar-refractivity contribution in [1.82, 2.24) is 29.6 Å². The molecule has 0 spiro atoms. The number of rotatable bonds is 7. The van der Waals surface area contributed by atoms with Gasteiger partial charge in [0.05, 0.1) is 17.7 Å². The van der Waals surface area contributed by atoms with Gasteiger partial charge in [0.25, 0.3) is 0 Å². The van der Waals surface area contributed by atoms with Gasteiger partial charge in [-0.25, -0.2) is 15.0 Å². The van der Waals surface area contributed by atoms with E-state index in [1.54, 1.807) is 37.5 Å². The number of hydrogen-bond acceptors (Lipinski definition) is 9. The number of Topliss-reactive ketones (excluding diaryl/α,β-unsaturated/α-hetero) is 1. The van der Waals surface area contributed by atoms with Gasteiger partial charge in [0.1, 0.15) is 41.1 Å². The Hall–Kier alpha value is -4.07. The quantitative estimate of drug-likeness (QED) is 0.205. The molecule has 1 unspecified atom stereocenters. The SMILES string of the molecule is Cc1ncc(-c2ccc3c(c2)c(C(=O)CO)nn3CC(=O)N2[C@H](C(=O)Nc3nc(Br)ccc3C)C[C@@]3(C)C(O)[C@@H]23)cn1. The van der Waals surface area contributed by atoms with Gasteiger partial charge in [-0.15, -0.1) is 0 Å². The fourth-order valence-electron chi connectivity index (χ4n) is 5.83. The van der Waals surface area contributed by atoms with Crippen LogP contribution >= 0.6 is 15.9 Å². The molecule has 4 atom stereocenters. The number of piperidine rings is 1. The van der Waals surface area contributed by atoms with Crippen LogP contribution in [0.1, 0.15) is 35.2 Å². The van der Waals surface area contributed by atoms with Crippen molar-refractivity contribution in [3.8, 4) is 11.1 Å². The minimum atomic E-state index is -0.829. The standard InChI is InChI=1S/C29H28BrN7O5/c1-14-4-7-22(30)33-27(14)34-28(42)20-9-29(3)25(26(29)41)37(20)23(40)12-36-19-6-5-16(17-10-31-15(2)32-11-17)8-18(19)24(35-36)21(39)13-38/h4-8,10-11,20,25-26,38,41H,9,12-13H2,1-3H3,(H,33,34,42)/t20-,25+,26?,29+/m0/s1. The normalized spacial score (nSPS) is 22.7. The second kappa shape index (κ2) is 10.3. The average Bonchev–Trinajstić information content (AvgIpc) is 3.24. The van der Waals surface area contributed by atoms with Crippen LogP contribution in [0.3, 0.4) is 0 Å². The highest BCUT2D eigenvalue weighted by Crippen LogP contribution is 2.59. The molecule has 0 radical (unpaired) electrons. The first-order valence-electron chi connectivity index (χ1n) is 13.4. The van der Waals surface area contributed by atoms with Crippen LogP contribution in [0.5, 0.6) is 0 Å². The molecular formula is C29H28BrN7O5. The van der Waals surface area contributed by atoms with Crippen molar-refractivity contribution >= 4 is 50.2 Å². The number of nitrogens with zero attached hydrogens (tertiary/aromatic N) is 6. The van der Waals surface area contributed by atoms with Crippen LogP contribution < -0.4 is 5.32 Å². The van der Waals surface area contributed by atoms with E-state index in [0.717, 1.165) is 16.7 Å². The Morgan fingerprint density at radius 3 is 2.57 bits per heavy atom. The van der Waals surface area contributed by atoms with Gasteiger partial charge >= 0.3 is 0 Å². The topological polar surface area (TPSA) is 163 Å². The summed E-state index contributed by atoms with van der Waals surface area (Å²) in [5.41, 5.74) is 2.16. The minimum absolute atomic E-state index is 0.0263. The number of benzene rings is 1. The molecule has 1 aliphatic carbocycles. The molecule has 3 aromatic heterocycles. The zero-order valence-electron chi connectivity index (χ0n) is 23.1. The number of pyridine rings is 1. The van der Waals surface area contributed by atoms with E-state index in [2.05, 4.69) is 41.3 Å². The number of carbonyl (C=O) groups excluding carboxylic acids is 3. The lowest BCUT2D eigenvalue weighted by molar-refractivity contribution is -0.139. The number of amides is 2. The van der Waals surface area contributed by atoms with Crippen LogP contribution in [-0.2, 0) is 16.1 Å². The van der Waals surface area contributed by atoms with Gasteiger partial charge in [-0.3, -0.25) is 19.1 Å². The minimum Gasteiger partial charge on any atom is -0.390 e. The third-order valence-corrected chi connectivity index (χ3v) is 8.70. The summed E-state index contributed by atoms with van der Waals surface area (Å²) in [5.74, 6) is -0.417. The molecule has 4 aromatic rings. The summed E-state index contributed by atoms with van der Waals surface area (Å²) in [6, 6.07) is 7.54. The molecule has 2 aliphatic rings. The van der Waals surface area contributed by atoms with Crippen molar-refractivity contribution in [2.75, 3.05) is 11.9 Å². The highest BCUT2D eigenvalue weighted by Gasteiger charge is 2.72. The van der Waals surface area contributed by atoms with Crippen LogP contribution in [0.15, 0.2) is 47.3 Å². The molecule has 1 aromatic carbocycles. The number of fused-ring (bicyclic) bond motifs is 2. The smallest absolute Gasteiger partial charge is 0.248 e. The van der Waals surface area contributed by atoms with Crippen LogP contribution in [0.4, 0.5) is 5.82 Å². The van der Waals surface area contributed by atoms with E-state index >= 15 is 0 Å². The second-order valence-corrected chi connectivity index (χ2v) is 11.9. The number of aryl methyl sites for hydroxylation is 2. The molecule has 2 fully saturated rings. The molecule has 42 heavy (non-hydrogen) atoms. The first kappa shape index (κ1) is 28.1. The predicted molar refractivity (Wildman–Crippen MR) is 155 cm³/mol. The van der Waals surface area contributed by atoms with Crippen LogP contribution in [0.25, 0.3) is 22.0 Å². The van der Waals surface area contributed by atoms with E-state index in [4.69, 9.17) is 0 Å².